The van der Waals surface area contributed by atoms with Gasteiger partial charge in [0.15, 0.2) is 0 Å². The third-order valence-corrected chi connectivity index (χ3v) is 6.85. The van der Waals surface area contributed by atoms with Crippen molar-refractivity contribution in [1.82, 2.24) is 5.32 Å². The normalized spacial score (nSPS) is 14.1. The van der Waals surface area contributed by atoms with Gasteiger partial charge in [0.2, 0.25) is 5.91 Å². The standard InChI is InChI=1S/C25H25N3O4S/c29-24-11-4-5-16-28(24)22-10-6-7-19(17-22)18-26-25(30)20-12-14-23(15-13-20)33(31,32)27-21-8-2-1-3-9-21/h1-3,6-10,12-15,17,27H,4-5,11,16,18H2,(H,26,30). The second-order valence-electron chi connectivity index (χ2n) is 7.85. The number of nitrogens with one attached hydrogen (secondary N) is 2. The van der Waals surface area contributed by atoms with Crippen molar-refractivity contribution in [2.75, 3.05) is 16.2 Å². The number of anilines is 2. The molecule has 1 saturated heterocycles. The molecular formula is C25H25N3O4S. The van der Waals surface area contributed by atoms with Gasteiger partial charge in [-0.3, -0.25) is 14.3 Å². The summed E-state index contributed by atoms with van der Waals surface area (Å²) in [5.41, 5.74) is 2.54. The lowest BCUT2D eigenvalue weighted by molar-refractivity contribution is -0.119. The van der Waals surface area contributed by atoms with Gasteiger partial charge in [0, 0.05) is 36.4 Å². The Hall–Kier alpha value is -3.65. The smallest absolute Gasteiger partial charge is 0.261 e. The number of carbonyl (C=O) groups is 2. The van der Waals surface area contributed by atoms with Gasteiger partial charge in [-0.15, -0.1) is 0 Å². The van der Waals surface area contributed by atoms with Crippen LogP contribution in [0.2, 0.25) is 0 Å². The number of nitrogens with zero attached hydrogens (tertiary/aromatic N) is 1. The molecule has 0 unspecified atom stereocenters. The SMILES string of the molecule is O=C(NCc1cccc(N2CCCCC2=O)c1)c1ccc(S(=O)(=O)Nc2ccccc2)cc1. The average Bonchev–Trinajstić information content (AvgIpc) is 2.83. The molecule has 2 N–H and O–H groups in total. The van der Waals surface area contributed by atoms with Crippen molar-refractivity contribution in [1.29, 1.82) is 0 Å². The molecule has 1 aliphatic rings. The molecule has 33 heavy (non-hydrogen) atoms. The predicted molar refractivity (Wildman–Crippen MR) is 128 cm³/mol. The zero-order chi connectivity index (χ0) is 23.3. The fourth-order valence-electron chi connectivity index (χ4n) is 3.70. The lowest BCUT2D eigenvalue weighted by Gasteiger charge is -2.27. The van der Waals surface area contributed by atoms with Crippen molar-refractivity contribution in [3.05, 3.63) is 90.0 Å². The van der Waals surface area contributed by atoms with E-state index < -0.39 is 10.0 Å². The molecule has 1 heterocycles. The van der Waals surface area contributed by atoms with Gasteiger partial charge < -0.3 is 10.2 Å². The van der Waals surface area contributed by atoms with Gasteiger partial charge in [-0.2, -0.15) is 0 Å². The quantitative estimate of drug-likeness (QED) is 0.555. The molecule has 7 nitrogen and oxygen atoms in total. The minimum Gasteiger partial charge on any atom is -0.348 e. The first-order chi connectivity index (χ1) is 15.9. The lowest BCUT2D eigenvalue weighted by atomic mass is 10.1. The second-order valence-corrected chi connectivity index (χ2v) is 9.53. The number of hydrogen-bond acceptors (Lipinski definition) is 4. The van der Waals surface area contributed by atoms with Crippen molar-refractivity contribution in [2.24, 2.45) is 0 Å². The van der Waals surface area contributed by atoms with Crippen LogP contribution < -0.4 is 14.9 Å². The second kappa shape index (κ2) is 9.87. The van der Waals surface area contributed by atoms with Crippen LogP contribution in [0.4, 0.5) is 11.4 Å². The van der Waals surface area contributed by atoms with Crippen molar-refractivity contribution >= 4 is 33.2 Å². The van der Waals surface area contributed by atoms with Crippen molar-refractivity contribution in [3.63, 3.8) is 0 Å². The molecule has 3 aromatic carbocycles. The van der Waals surface area contributed by atoms with E-state index in [0.717, 1.165) is 24.1 Å². The monoisotopic (exact) mass is 463 g/mol. The third-order valence-electron chi connectivity index (χ3n) is 5.45. The van der Waals surface area contributed by atoms with Gasteiger partial charge >= 0.3 is 0 Å². The van der Waals surface area contributed by atoms with Gasteiger partial charge in [0.05, 0.1) is 4.90 Å². The minimum atomic E-state index is -3.75. The van der Waals surface area contributed by atoms with Crippen LogP contribution in [0.1, 0.15) is 35.2 Å². The molecule has 0 spiro atoms. The molecule has 0 saturated carbocycles. The summed E-state index contributed by atoms with van der Waals surface area (Å²) in [5.74, 6) is -0.186. The molecule has 3 aromatic rings. The van der Waals surface area contributed by atoms with E-state index in [4.69, 9.17) is 0 Å². The van der Waals surface area contributed by atoms with Crippen LogP contribution in [0.25, 0.3) is 0 Å². The van der Waals surface area contributed by atoms with Gasteiger partial charge in [-0.05, 0) is 66.9 Å². The number of sulfonamides is 1. The highest BCUT2D eigenvalue weighted by Crippen LogP contribution is 2.22. The Morgan fingerprint density at radius 1 is 0.909 bits per heavy atom. The van der Waals surface area contributed by atoms with E-state index in [2.05, 4.69) is 10.0 Å². The van der Waals surface area contributed by atoms with Crippen molar-refractivity contribution < 1.29 is 18.0 Å². The van der Waals surface area contributed by atoms with Crippen LogP contribution in [0.3, 0.4) is 0 Å². The third kappa shape index (κ3) is 5.59. The van der Waals surface area contributed by atoms with Crippen LogP contribution >= 0.6 is 0 Å². The maximum Gasteiger partial charge on any atom is 0.261 e. The molecule has 0 atom stereocenters. The fraction of sp³-hybridized carbons (Fsp3) is 0.200. The average molecular weight is 464 g/mol. The first-order valence-electron chi connectivity index (χ1n) is 10.8. The Bertz CT molecular complexity index is 1240. The summed E-state index contributed by atoms with van der Waals surface area (Å²) in [6.07, 6.45) is 2.47. The van der Waals surface area contributed by atoms with Crippen LogP contribution in [-0.2, 0) is 21.4 Å². The highest BCUT2D eigenvalue weighted by molar-refractivity contribution is 7.92. The zero-order valence-corrected chi connectivity index (χ0v) is 18.8. The highest BCUT2D eigenvalue weighted by atomic mass is 32.2. The molecule has 0 aromatic heterocycles. The Morgan fingerprint density at radius 2 is 1.67 bits per heavy atom. The summed E-state index contributed by atoms with van der Waals surface area (Å²) in [6, 6.07) is 22.0. The summed E-state index contributed by atoms with van der Waals surface area (Å²) in [4.78, 5) is 26.6. The molecular weight excluding hydrogens is 438 g/mol. The highest BCUT2D eigenvalue weighted by Gasteiger charge is 2.20. The summed E-state index contributed by atoms with van der Waals surface area (Å²) >= 11 is 0. The largest absolute Gasteiger partial charge is 0.348 e. The Labute approximate surface area is 193 Å². The molecule has 1 aliphatic heterocycles. The number of para-hydroxylation sites is 1. The van der Waals surface area contributed by atoms with Crippen LogP contribution in [0.5, 0.6) is 0 Å². The Morgan fingerprint density at radius 3 is 2.39 bits per heavy atom. The first kappa shape index (κ1) is 22.5. The van der Waals surface area contributed by atoms with Gasteiger partial charge in [0.1, 0.15) is 0 Å². The van der Waals surface area contributed by atoms with Crippen LogP contribution in [0, 0.1) is 0 Å². The van der Waals surface area contributed by atoms with Crippen molar-refractivity contribution in [3.8, 4) is 0 Å². The first-order valence-corrected chi connectivity index (χ1v) is 12.3. The van der Waals surface area contributed by atoms with Gasteiger partial charge in [0.25, 0.3) is 15.9 Å². The molecule has 170 valence electrons. The molecule has 8 heteroatoms. The Kier molecular flexibility index (Phi) is 6.74. The number of amides is 2. The Balaban J connectivity index is 1.38. The maximum absolute atomic E-state index is 12.6. The molecule has 0 bridgehead atoms. The summed E-state index contributed by atoms with van der Waals surface area (Å²) in [5, 5.41) is 2.85. The van der Waals surface area contributed by atoms with Crippen LogP contribution in [0.15, 0.2) is 83.8 Å². The van der Waals surface area contributed by atoms with Crippen molar-refractivity contribution in [2.45, 2.75) is 30.7 Å². The van der Waals surface area contributed by atoms with E-state index in [9.17, 15) is 18.0 Å². The van der Waals surface area contributed by atoms with E-state index in [-0.39, 0.29) is 16.7 Å². The minimum absolute atomic E-state index is 0.0711. The van der Waals surface area contributed by atoms with E-state index >= 15 is 0 Å². The number of piperidine rings is 1. The molecule has 4 rings (SSSR count). The molecule has 2 amide bonds. The van der Waals surface area contributed by atoms with Gasteiger partial charge in [-0.1, -0.05) is 30.3 Å². The number of carbonyl (C=O) groups excluding carboxylic acids is 2. The number of benzene rings is 3. The number of rotatable bonds is 7. The zero-order valence-electron chi connectivity index (χ0n) is 18.0. The lowest BCUT2D eigenvalue weighted by Crippen LogP contribution is -2.35. The van der Waals surface area contributed by atoms with E-state index in [1.165, 1.54) is 24.3 Å². The summed E-state index contributed by atoms with van der Waals surface area (Å²) in [6.45, 7) is 1.01. The van der Waals surface area contributed by atoms with Gasteiger partial charge in [-0.25, -0.2) is 8.42 Å². The van der Waals surface area contributed by atoms with E-state index in [0.29, 0.717) is 30.8 Å². The summed E-state index contributed by atoms with van der Waals surface area (Å²) in [7, 11) is -3.75. The molecule has 1 fully saturated rings. The maximum atomic E-state index is 12.6. The molecule has 0 radical (unpaired) electrons. The number of hydrogen-bond donors (Lipinski definition) is 2. The predicted octanol–water partition coefficient (Wildman–Crippen LogP) is 3.93. The van der Waals surface area contributed by atoms with E-state index in [1.807, 2.05) is 24.3 Å². The summed E-state index contributed by atoms with van der Waals surface area (Å²) < 4.78 is 27.6. The fourth-order valence-corrected chi connectivity index (χ4v) is 4.76. The topological polar surface area (TPSA) is 95.6 Å². The molecule has 0 aliphatic carbocycles. The van der Waals surface area contributed by atoms with Crippen LogP contribution in [-0.4, -0.2) is 26.8 Å². The van der Waals surface area contributed by atoms with E-state index in [1.54, 1.807) is 35.2 Å².